The molecule has 1 aliphatic carbocycles. The van der Waals surface area contributed by atoms with Crippen LogP contribution in [0.3, 0.4) is 0 Å². The predicted molar refractivity (Wildman–Crippen MR) is 72.9 cm³/mol. The second-order valence-corrected chi connectivity index (χ2v) is 5.77. The minimum Gasteiger partial charge on any atom is -0.450 e. The Morgan fingerprint density at radius 2 is 2.45 bits per heavy atom. The molecule has 2 aliphatic rings. The number of aromatic nitrogens is 1. The molecule has 108 valence electrons. The van der Waals surface area contributed by atoms with Crippen molar-refractivity contribution >= 4 is 6.09 Å². The summed E-state index contributed by atoms with van der Waals surface area (Å²) in [5, 5.41) is 11.0. The zero-order valence-electron chi connectivity index (χ0n) is 11.7. The molecule has 3 unspecified atom stereocenters. The molecule has 2 heterocycles. The summed E-state index contributed by atoms with van der Waals surface area (Å²) >= 11 is 0. The number of nitrogens with zero attached hydrogens (tertiary/aromatic N) is 2. The van der Waals surface area contributed by atoms with Crippen molar-refractivity contribution in [3.05, 3.63) is 30.1 Å². The third-order valence-corrected chi connectivity index (χ3v) is 4.50. The molecule has 0 aromatic carbocycles. The maximum Gasteiger partial charge on any atom is 0.409 e. The van der Waals surface area contributed by atoms with Crippen LogP contribution in [-0.4, -0.2) is 40.8 Å². The van der Waals surface area contributed by atoms with Gasteiger partial charge in [-0.1, -0.05) is 6.07 Å². The van der Waals surface area contributed by atoms with E-state index in [2.05, 4.69) is 4.98 Å². The number of likely N-dealkylation sites (tertiary alicyclic amines) is 1. The van der Waals surface area contributed by atoms with Crippen molar-refractivity contribution in [3.63, 3.8) is 0 Å². The van der Waals surface area contributed by atoms with Gasteiger partial charge in [0.25, 0.3) is 0 Å². The van der Waals surface area contributed by atoms with Gasteiger partial charge in [-0.25, -0.2) is 4.79 Å². The molecule has 1 aromatic heterocycles. The summed E-state index contributed by atoms with van der Waals surface area (Å²) in [6, 6.07) is 3.76. The average Bonchev–Trinajstić information content (AvgIpc) is 2.70. The highest BCUT2D eigenvalue weighted by Crippen LogP contribution is 2.49. The molecule has 3 rings (SSSR count). The molecule has 2 bridgehead atoms. The second-order valence-electron chi connectivity index (χ2n) is 5.77. The molecule has 1 saturated heterocycles. The number of hydrogen-bond acceptors (Lipinski definition) is 4. The van der Waals surface area contributed by atoms with Gasteiger partial charge in [-0.05, 0) is 31.7 Å². The molecule has 2 fully saturated rings. The maximum atomic E-state index is 11.9. The van der Waals surface area contributed by atoms with Crippen molar-refractivity contribution in [2.24, 2.45) is 11.8 Å². The van der Waals surface area contributed by atoms with E-state index in [0.29, 0.717) is 32.0 Å². The molecule has 0 radical (unpaired) electrons. The smallest absolute Gasteiger partial charge is 0.409 e. The summed E-state index contributed by atoms with van der Waals surface area (Å²) < 4.78 is 5.07. The number of amides is 1. The summed E-state index contributed by atoms with van der Waals surface area (Å²) in [5.74, 6) is 0.401. The van der Waals surface area contributed by atoms with Crippen LogP contribution in [0.5, 0.6) is 0 Å². The van der Waals surface area contributed by atoms with Crippen LogP contribution >= 0.6 is 0 Å². The van der Waals surface area contributed by atoms with Crippen LogP contribution in [-0.2, 0) is 10.3 Å². The average molecular weight is 276 g/mol. The molecule has 0 spiro atoms. The number of pyridine rings is 1. The Bertz CT molecular complexity index is 493. The molecule has 3 atom stereocenters. The second kappa shape index (κ2) is 5.05. The van der Waals surface area contributed by atoms with E-state index in [-0.39, 0.29) is 12.0 Å². The van der Waals surface area contributed by atoms with E-state index < -0.39 is 5.60 Å². The first-order valence-electron chi connectivity index (χ1n) is 7.18. The number of aliphatic hydroxyl groups is 1. The highest BCUT2D eigenvalue weighted by atomic mass is 16.6. The van der Waals surface area contributed by atoms with Crippen LogP contribution in [0.4, 0.5) is 4.79 Å². The fraction of sp³-hybridized carbons (Fsp3) is 0.600. The standard InChI is InChI=1S/C15H20N2O3/c1-2-20-14(18)17-9-11-6-13(10-17)15(19,7-11)12-4-3-5-16-8-12/h3-5,8,11,13,19H,2,6-7,9-10H2,1H3. The summed E-state index contributed by atoms with van der Waals surface area (Å²) in [6.07, 6.45) is 4.83. The molecule has 20 heavy (non-hydrogen) atoms. The van der Waals surface area contributed by atoms with E-state index >= 15 is 0 Å². The van der Waals surface area contributed by atoms with Crippen LogP contribution in [0.15, 0.2) is 24.5 Å². The van der Waals surface area contributed by atoms with Crippen molar-refractivity contribution in [1.29, 1.82) is 0 Å². The van der Waals surface area contributed by atoms with Crippen LogP contribution < -0.4 is 0 Å². The van der Waals surface area contributed by atoms with E-state index in [0.717, 1.165) is 12.0 Å². The van der Waals surface area contributed by atoms with Crippen LogP contribution in [0.1, 0.15) is 25.3 Å². The number of carbonyl (C=O) groups excluding carboxylic acids is 1. The third kappa shape index (κ3) is 2.16. The van der Waals surface area contributed by atoms with Crippen LogP contribution in [0.25, 0.3) is 0 Å². The molecule has 5 nitrogen and oxygen atoms in total. The number of ether oxygens (including phenoxy) is 1. The lowest BCUT2D eigenvalue weighted by atomic mass is 9.84. The van der Waals surface area contributed by atoms with E-state index in [1.807, 2.05) is 19.1 Å². The van der Waals surface area contributed by atoms with Crippen LogP contribution in [0, 0.1) is 11.8 Å². The van der Waals surface area contributed by atoms with E-state index in [9.17, 15) is 9.90 Å². The normalized spacial score (nSPS) is 32.2. The number of carbonyl (C=O) groups is 1. The monoisotopic (exact) mass is 276 g/mol. The van der Waals surface area contributed by atoms with Gasteiger partial charge >= 0.3 is 6.09 Å². The lowest BCUT2D eigenvalue weighted by Gasteiger charge is -2.34. The maximum absolute atomic E-state index is 11.9. The summed E-state index contributed by atoms with van der Waals surface area (Å²) in [4.78, 5) is 17.7. The van der Waals surface area contributed by atoms with E-state index in [1.54, 1.807) is 17.3 Å². The number of fused-ring (bicyclic) bond motifs is 2. The molecule has 5 heteroatoms. The summed E-state index contributed by atoms with van der Waals surface area (Å²) in [7, 11) is 0. The van der Waals surface area contributed by atoms with Gasteiger partial charge in [-0.2, -0.15) is 0 Å². The van der Waals surface area contributed by atoms with Crippen molar-refractivity contribution in [2.75, 3.05) is 19.7 Å². The van der Waals surface area contributed by atoms with Gasteiger partial charge < -0.3 is 14.7 Å². The summed E-state index contributed by atoms with van der Waals surface area (Å²) in [6.45, 7) is 3.43. The van der Waals surface area contributed by atoms with Crippen LogP contribution in [0.2, 0.25) is 0 Å². The van der Waals surface area contributed by atoms with Crippen molar-refractivity contribution in [1.82, 2.24) is 9.88 Å². The van der Waals surface area contributed by atoms with Gasteiger partial charge in [0, 0.05) is 37.0 Å². The molecular formula is C15H20N2O3. The minimum absolute atomic E-state index is 0.0647. The van der Waals surface area contributed by atoms with Gasteiger partial charge in [0.1, 0.15) is 0 Å². The van der Waals surface area contributed by atoms with E-state index in [1.165, 1.54) is 0 Å². The Balaban J connectivity index is 1.80. The predicted octanol–water partition coefficient (Wildman–Crippen LogP) is 1.77. The Morgan fingerprint density at radius 1 is 1.60 bits per heavy atom. The number of hydrogen-bond donors (Lipinski definition) is 1. The highest BCUT2D eigenvalue weighted by molar-refractivity contribution is 5.67. The topological polar surface area (TPSA) is 62.7 Å². The molecule has 1 saturated carbocycles. The zero-order chi connectivity index (χ0) is 14.2. The Morgan fingerprint density at radius 3 is 3.15 bits per heavy atom. The van der Waals surface area contributed by atoms with Gasteiger partial charge in [-0.3, -0.25) is 4.98 Å². The highest BCUT2D eigenvalue weighted by Gasteiger charge is 2.51. The lowest BCUT2D eigenvalue weighted by molar-refractivity contribution is -0.0102. The molecule has 1 amide bonds. The zero-order valence-corrected chi connectivity index (χ0v) is 11.7. The first-order valence-corrected chi connectivity index (χ1v) is 7.18. The number of rotatable bonds is 2. The van der Waals surface area contributed by atoms with Crippen molar-refractivity contribution < 1.29 is 14.6 Å². The first-order chi connectivity index (χ1) is 9.63. The SMILES string of the molecule is CCOC(=O)N1CC2CC(C1)C(O)(c1cccnc1)C2. The van der Waals surface area contributed by atoms with Gasteiger partial charge in [0.05, 0.1) is 12.2 Å². The fourth-order valence-corrected chi connectivity index (χ4v) is 3.64. The van der Waals surface area contributed by atoms with Crippen molar-refractivity contribution in [2.45, 2.75) is 25.4 Å². The van der Waals surface area contributed by atoms with Gasteiger partial charge in [0.15, 0.2) is 0 Å². The molecule has 1 N–H and O–H groups in total. The Labute approximate surface area is 118 Å². The molecule has 1 aliphatic heterocycles. The van der Waals surface area contributed by atoms with E-state index in [4.69, 9.17) is 4.74 Å². The largest absolute Gasteiger partial charge is 0.450 e. The Kier molecular flexibility index (Phi) is 3.38. The fourth-order valence-electron chi connectivity index (χ4n) is 3.64. The number of piperidine rings is 1. The molecular weight excluding hydrogens is 256 g/mol. The first kappa shape index (κ1) is 13.4. The third-order valence-electron chi connectivity index (χ3n) is 4.50. The molecule has 1 aromatic rings. The quantitative estimate of drug-likeness (QED) is 0.894. The van der Waals surface area contributed by atoms with Crippen molar-refractivity contribution in [3.8, 4) is 0 Å². The lowest BCUT2D eigenvalue weighted by Crippen LogP contribution is -2.44. The Hall–Kier alpha value is -1.62. The summed E-state index contributed by atoms with van der Waals surface area (Å²) in [5.41, 5.74) is -0.00149. The van der Waals surface area contributed by atoms with Gasteiger partial charge in [-0.15, -0.1) is 0 Å². The minimum atomic E-state index is -0.861. The van der Waals surface area contributed by atoms with Gasteiger partial charge in [0.2, 0.25) is 0 Å².